The number of benzene rings is 1. The van der Waals surface area contributed by atoms with Crippen LogP contribution in [0.25, 0.3) is 5.76 Å². The lowest BCUT2D eigenvalue weighted by molar-refractivity contribution is -0.153. The molecule has 7 N–H and O–H groups in total. The highest BCUT2D eigenvalue weighted by molar-refractivity contribution is 14.1. The fraction of sp³-hybridized carbons (Fsp3) is 0.391. The molecule has 0 spiro atoms. The van der Waals surface area contributed by atoms with Crippen molar-refractivity contribution in [1.29, 1.82) is 0 Å². The molecule has 0 saturated heterocycles. The Kier molecular flexibility index (Phi) is 6.73. The number of amides is 2. The molecule has 0 aliphatic heterocycles. The average molecular weight is 676 g/mol. The van der Waals surface area contributed by atoms with Crippen molar-refractivity contribution >= 4 is 73.3 Å². The van der Waals surface area contributed by atoms with E-state index >= 15 is 0 Å². The van der Waals surface area contributed by atoms with E-state index in [0.29, 0.717) is 9.13 Å². The molecule has 2 unspecified atom stereocenters. The number of halogens is 2. The topological polar surface area (TPSA) is 190 Å². The van der Waals surface area contributed by atoms with Gasteiger partial charge in [-0.3, -0.25) is 24.1 Å². The number of alkyl halides is 1. The summed E-state index contributed by atoms with van der Waals surface area (Å²) in [5, 5.41) is 47.0. The third-order valence-corrected chi connectivity index (χ3v) is 8.53. The van der Waals surface area contributed by atoms with E-state index in [1.54, 1.807) is 0 Å². The normalized spacial score (nSPS) is 27.6. The first-order valence-corrected chi connectivity index (χ1v) is 13.0. The van der Waals surface area contributed by atoms with Gasteiger partial charge in [0.15, 0.2) is 11.4 Å². The van der Waals surface area contributed by atoms with Crippen LogP contribution in [0.15, 0.2) is 23.0 Å². The Labute approximate surface area is 227 Å². The molecule has 1 aromatic rings. The highest BCUT2D eigenvalue weighted by atomic mass is 127. The third kappa shape index (κ3) is 3.66. The van der Waals surface area contributed by atoms with Crippen molar-refractivity contribution in [3.05, 3.63) is 37.7 Å². The van der Waals surface area contributed by atoms with Gasteiger partial charge >= 0.3 is 0 Å². The lowest BCUT2D eigenvalue weighted by atomic mass is 9.57. The summed E-state index contributed by atoms with van der Waals surface area (Å²) in [6.45, 7) is 0. The number of carbonyl (C=O) groups excluding carboxylic acids is 4. The van der Waals surface area contributed by atoms with Crippen molar-refractivity contribution in [1.82, 2.24) is 4.90 Å². The predicted molar refractivity (Wildman–Crippen MR) is 139 cm³/mol. The molecule has 192 valence electrons. The monoisotopic (exact) mass is 675 g/mol. The highest BCUT2D eigenvalue weighted by Crippen LogP contribution is 2.53. The fourth-order valence-corrected chi connectivity index (χ4v) is 6.49. The van der Waals surface area contributed by atoms with Crippen LogP contribution in [0.1, 0.15) is 17.5 Å². The zero-order valence-electron chi connectivity index (χ0n) is 19.1. The van der Waals surface area contributed by atoms with Crippen LogP contribution in [0.3, 0.4) is 0 Å². The van der Waals surface area contributed by atoms with E-state index < -0.39 is 69.7 Å². The van der Waals surface area contributed by atoms with Gasteiger partial charge in [0.05, 0.1) is 22.6 Å². The molecule has 0 radical (unpaired) electrons. The fourth-order valence-electron chi connectivity index (χ4n) is 5.55. The number of anilines is 1. The number of aliphatic hydroxyl groups excluding tert-OH is 2. The van der Waals surface area contributed by atoms with Gasteiger partial charge in [-0.15, -0.1) is 0 Å². The zero-order valence-corrected chi connectivity index (χ0v) is 22.9. The number of hydrogen-bond donors (Lipinski definition) is 6. The predicted octanol–water partition coefficient (Wildman–Crippen LogP) is 0.902. The minimum absolute atomic E-state index is 0.00464. The summed E-state index contributed by atoms with van der Waals surface area (Å²) in [4.78, 5) is 52.2. The lowest BCUT2D eigenvalue weighted by Crippen LogP contribution is -2.65. The van der Waals surface area contributed by atoms with Crippen molar-refractivity contribution < 1.29 is 39.6 Å². The molecule has 0 aromatic heterocycles. The van der Waals surface area contributed by atoms with Crippen molar-refractivity contribution in [3.8, 4) is 5.75 Å². The number of fused-ring (bicyclic) bond motifs is 3. The van der Waals surface area contributed by atoms with Gasteiger partial charge in [-0.25, -0.2) is 0 Å². The molecule has 3 aliphatic carbocycles. The zero-order chi connectivity index (χ0) is 26.9. The van der Waals surface area contributed by atoms with Crippen molar-refractivity contribution in [2.45, 2.75) is 24.5 Å². The van der Waals surface area contributed by atoms with Crippen molar-refractivity contribution in [3.63, 3.8) is 0 Å². The molecule has 0 bridgehead atoms. The number of carbonyl (C=O) groups is 4. The van der Waals surface area contributed by atoms with Crippen LogP contribution in [0.5, 0.6) is 5.75 Å². The minimum atomic E-state index is -2.70. The van der Waals surface area contributed by atoms with Gasteiger partial charge in [0.2, 0.25) is 11.7 Å². The highest BCUT2D eigenvalue weighted by Gasteiger charge is 2.64. The molecule has 1 aromatic carbocycles. The average Bonchev–Trinajstić information content (AvgIpc) is 2.79. The van der Waals surface area contributed by atoms with E-state index in [2.05, 4.69) is 21.2 Å². The Bertz CT molecular complexity index is 1310. The van der Waals surface area contributed by atoms with E-state index in [4.69, 9.17) is 5.73 Å². The number of primary amides is 1. The summed E-state index contributed by atoms with van der Waals surface area (Å²) < 4.78 is 0.604. The van der Waals surface area contributed by atoms with E-state index in [1.165, 1.54) is 25.1 Å². The van der Waals surface area contributed by atoms with Crippen LogP contribution in [-0.2, 0) is 25.6 Å². The number of ketones is 2. The quantitative estimate of drug-likeness (QED) is 0.117. The molecule has 1 fully saturated rings. The first kappa shape index (κ1) is 26.6. The minimum Gasteiger partial charge on any atom is -0.508 e. The molecule has 2 amide bonds. The number of nitrogens with zero attached hydrogens (tertiary/aromatic N) is 1. The Balaban J connectivity index is 1.95. The van der Waals surface area contributed by atoms with E-state index in [1.807, 2.05) is 22.6 Å². The standard InChI is InChI=1S/C23H23BrIN3O8/c1-28(2)16-9-4-7-3-8-10(25)5-11(27-12(29)6-24)17(30)14(8)18(31)13(7)20(33)23(9,36)21(34)15(19(16)32)22(26)35/h5,7,9,16,30-31,34,36H,3-4,6H2,1-2H3,(H2,26,35)(H,27,29)/t7?,9?,16-,23-/m0/s1. The molecule has 36 heavy (non-hydrogen) atoms. The van der Waals surface area contributed by atoms with Crippen LogP contribution in [0.4, 0.5) is 5.69 Å². The first-order chi connectivity index (χ1) is 16.8. The van der Waals surface area contributed by atoms with Gasteiger partial charge in [0.25, 0.3) is 5.91 Å². The number of phenolic OH excluding ortho intramolecular Hbond substituents is 1. The summed E-state index contributed by atoms with van der Waals surface area (Å²) in [6.07, 6.45) is 0.178. The summed E-state index contributed by atoms with van der Waals surface area (Å²) >= 11 is 5.01. The smallest absolute Gasteiger partial charge is 0.255 e. The van der Waals surface area contributed by atoms with Crippen LogP contribution < -0.4 is 11.1 Å². The molecular weight excluding hydrogens is 653 g/mol. The van der Waals surface area contributed by atoms with E-state index in [9.17, 15) is 39.6 Å². The molecule has 4 atom stereocenters. The van der Waals surface area contributed by atoms with Gasteiger partial charge in [0.1, 0.15) is 22.8 Å². The number of hydrogen-bond acceptors (Lipinski definition) is 9. The molecule has 11 nitrogen and oxygen atoms in total. The number of nitrogens with one attached hydrogen (secondary N) is 1. The number of rotatable bonds is 4. The van der Waals surface area contributed by atoms with Crippen LogP contribution >= 0.6 is 38.5 Å². The summed E-state index contributed by atoms with van der Waals surface area (Å²) in [5.74, 6) is -7.67. The summed E-state index contributed by atoms with van der Waals surface area (Å²) in [7, 11) is 3.08. The van der Waals surface area contributed by atoms with Gasteiger partial charge in [-0.2, -0.15) is 0 Å². The van der Waals surface area contributed by atoms with Gasteiger partial charge in [0, 0.05) is 15.1 Å². The number of Topliss-reactive ketones (excluding diaryl/α,β-unsaturated/α-hetero) is 2. The number of phenols is 1. The van der Waals surface area contributed by atoms with Crippen molar-refractivity contribution in [2.75, 3.05) is 24.7 Å². The molecule has 13 heteroatoms. The van der Waals surface area contributed by atoms with Gasteiger partial charge in [-0.05, 0) is 67.1 Å². The van der Waals surface area contributed by atoms with Crippen LogP contribution in [-0.4, -0.2) is 79.8 Å². The number of aliphatic hydroxyl groups is 3. The van der Waals surface area contributed by atoms with E-state index in [0.717, 1.165) is 0 Å². The molecule has 1 saturated carbocycles. The van der Waals surface area contributed by atoms with E-state index in [-0.39, 0.29) is 35.0 Å². The maximum Gasteiger partial charge on any atom is 0.255 e. The third-order valence-electron chi connectivity index (χ3n) is 7.06. The van der Waals surface area contributed by atoms with Crippen LogP contribution in [0, 0.1) is 15.4 Å². The van der Waals surface area contributed by atoms with Crippen molar-refractivity contribution in [2.24, 2.45) is 17.6 Å². The SMILES string of the molecule is CN(C)[C@@H]1C(=O)C(C(N)=O)=C(O)[C@@]2(O)C(=O)C3=C(O)c4c(O)c(NC(=O)CBr)cc(I)c4CC3CC12. The Hall–Kier alpha value is -2.49. The molecule has 0 heterocycles. The summed E-state index contributed by atoms with van der Waals surface area (Å²) in [5.41, 5.74) is 1.95. The Morgan fingerprint density at radius 3 is 2.47 bits per heavy atom. The Morgan fingerprint density at radius 1 is 1.28 bits per heavy atom. The molecule has 4 rings (SSSR count). The maximum absolute atomic E-state index is 13.8. The summed E-state index contributed by atoms with van der Waals surface area (Å²) in [6, 6.07) is 0.395. The van der Waals surface area contributed by atoms with Gasteiger partial charge < -0.3 is 31.5 Å². The lowest BCUT2D eigenvalue weighted by Gasteiger charge is -2.50. The van der Waals surface area contributed by atoms with Gasteiger partial charge in [-0.1, -0.05) is 15.9 Å². The molecular formula is C23H23BrIN3O8. The molecule has 3 aliphatic rings. The Morgan fingerprint density at radius 2 is 1.92 bits per heavy atom. The largest absolute Gasteiger partial charge is 0.508 e. The first-order valence-electron chi connectivity index (χ1n) is 10.8. The van der Waals surface area contributed by atoms with Crippen LogP contribution in [0.2, 0.25) is 0 Å². The number of nitrogens with two attached hydrogens (primary N) is 1. The number of likely N-dealkylation sites (N-methyl/N-ethyl adjacent to an activating group) is 1. The number of aromatic hydroxyl groups is 1. The maximum atomic E-state index is 13.8. The second-order valence-electron chi connectivity index (χ2n) is 9.25. The second-order valence-corrected chi connectivity index (χ2v) is 11.0. The second kappa shape index (κ2) is 9.11.